The normalized spacial score (nSPS) is 31.1. The third-order valence-corrected chi connectivity index (χ3v) is 3.25. The zero-order chi connectivity index (χ0) is 14.0. The van der Waals surface area contributed by atoms with Gasteiger partial charge in [-0.05, 0) is 24.3 Å². The molecule has 2 rings (SSSR count). The lowest BCUT2D eigenvalue weighted by Gasteiger charge is -2.35. The van der Waals surface area contributed by atoms with E-state index in [1.54, 1.807) is 0 Å². The molecule has 1 heterocycles. The van der Waals surface area contributed by atoms with Crippen LogP contribution in [0.25, 0.3) is 0 Å². The molecule has 4 atom stereocenters. The largest absolute Gasteiger partial charge is 0.508 e. The fraction of sp³-hybridized carbons (Fsp3) is 0.462. The molecule has 104 valence electrons. The van der Waals surface area contributed by atoms with E-state index in [1.165, 1.54) is 24.3 Å². The van der Waals surface area contributed by atoms with Gasteiger partial charge >= 0.3 is 0 Å². The van der Waals surface area contributed by atoms with E-state index in [2.05, 4.69) is 0 Å². The lowest BCUT2D eigenvalue weighted by molar-refractivity contribution is -0.229. The quantitative estimate of drug-likeness (QED) is 0.558. The molecule has 6 nitrogen and oxygen atoms in total. The van der Waals surface area contributed by atoms with E-state index in [4.69, 9.17) is 9.84 Å². The second-order valence-electron chi connectivity index (χ2n) is 4.62. The minimum Gasteiger partial charge on any atom is -0.508 e. The van der Waals surface area contributed by atoms with E-state index in [9.17, 15) is 20.1 Å². The van der Waals surface area contributed by atoms with Crippen molar-refractivity contribution in [2.75, 3.05) is 6.61 Å². The Morgan fingerprint density at radius 3 is 2.47 bits per heavy atom. The molecule has 0 aromatic heterocycles. The topological polar surface area (TPSA) is 107 Å². The molecule has 4 N–H and O–H groups in total. The van der Waals surface area contributed by atoms with Gasteiger partial charge < -0.3 is 25.2 Å². The van der Waals surface area contributed by atoms with Crippen molar-refractivity contribution in [1.29, 1.82) is 0 Å². The van der Waals surface area contributed by atoms with Crippen LogP contribution in [0.3, 0.4) is 0 Å². The third kappa shape index (κ3) is 3.10. The van der Waals surface area contributed by atoms with Crippen LogP contribution in [-0.2, 0) is 4.74 Å². The molecule has 1 aliphatic rings. The van der Waals surface area contributed by atoms with Crippen LogP contribution in [0.2, 0.25) is 0 Å². The van der Waals surface area contributed by atoms with Gasteiger partial charge in [-0.3, -0.25) is 4.79 Å². The van der Waals surface area contributed by atoms with Crippen LogP contribution in [0, 0.1) is 5.92 Å². The second-order valence-corrected chi connectivity index (χ2v) is 4.62. The summed E-state index contributed by atoms with van der Waals surface area (Å²) in [5.74, 6) is -1.13. The molecule has 0 aliphatic carbocycles. The Morgan fingerprint density at radius 1 is 1.21 bits per heavy atom. The molecule has 0 amide bonds. The molecule has 1 aromatic rings. The molecule has 6 heteroatoms. The summed E-state index contributed by atoms with van der Waals surface area (Å²) in [6.45, 7) is -0.160. The number of benzene rings is 1. The summed E-state index contributed by atoms with van der Waals surface area (Å²) < 4.78 is 4.88. The van der Waals surface area contributed by atoms with Gasteiger partial charge in [-0.1, -0.05) is 0 Å². The Balaban J connectivity index is 2.07. The van der Waals surface area contributed by atoms with E-state index in [-0.39, 0.29) is 24.6 Å². The molecule has 1 aromatic carbocycles. The summed E-state index contributed by atoms with van der Waals surface area (Å²) >= 11 is 0. The lowest BCUT2D eigenvalue weighted by atomic mass is 9.88. The van der Waals surface area contributed by atoms with Gasteiger partial charge in [0.05, 0.1) is 12.7 Å². The zero-order valence-electron chi connectivity index (χ0n) is 10.1. The summed E-state index contributed by atoms with van der Waals surface area (Å²) in [7, 11) is 0. The van der Waals surface area contributed by atoms with E-state index >= 15 is 0 Å². The van der Waals surface area contributed by atoms with Crippen LogP contribution in [0.15, 0.2) is 24.3 Å². The molecular weight excluding hydrogens is 252 g/mol. The number of aliphatic hydroxyl groups excluding tert-OH is 3. The SMILES string of the molecule is O=C(C[C@H]1C(O)OC[C@H](O)[C@@H]1O)c1ccc(O)cc1. The molecular formula is C13H16O6. The number of aliphatic hydroxyl groups is 3. The lowest BCUT2D eigenvalue weighted by Crippen LogP contribution is -2.49. The van der Waals surface area contributed by atoms with E-state index < -0.39 is 24.4 Å². The van der Waals surface area contributed by atoms with E-state index in [0.717, 1.165) is 0 Å². The summed E-state index contributed by atoms with van der Waals surface area (Å²) in [4.78, 5) is 12.0. The predicted octanol–water partition coefficient (Wildman–Crippen LogP) is -0.348. The number of ether oxygens (including phenoxy) is 1. The van der Waals surface area contributed by atoms with Crippen molar-refractivity contribution in [3.63, 3.8) is 0 Å². The number of phenols is 1. The second kappa shape index (κ2) is 5.66. The standard InChI is InChI=1S/C13H16O6/c14-8-3-1-7(2-4-8)10(15)5-9-12(17)11(16)6-19-13(9)18/h1-4,9,11-14,16-18H,5-6H2/t9-,11+,12-,13?/m1/s1. The number of Topliss-reactive ketones (excluding diaryl/α,β-unsaturated/α-hetero) is 1. The van der Waals surface area contributed by atoms with Crippen molar-refractivity contribution < 1.29 is 30.0 Å². The van der Waals surface area contributed by atoms with Gasteiger partial charge in [-0.15, -0.1) is 0 Å². The minimum atomic E-state index is -1.28. The average molecular weight is 268 g/mol. The molecule has 0 radical (unpaired) electrons. The van der Waals surface area contributed by atoms with Gasteiger partial charge in [0.1, 0.15) is 11.9 Å². The highest BCUT2D eigenvalue weighted by Gasteiger charge is 2.38. The van der Waals surface area contributed by atoms with Crippen LogP contribution in [-0.4, -0.2) is 51.3 Å². The Kier molecular flexibility index (Phi) is 4.16. The Bertz CT molecular complexity index is 443. The number of hydrogen-bond acceptors (Lipinski definition) is 6. The predicted molar refractivity (Wildman–Crippen MR) is 64.5 cm³/mol. The van der Waals surface area contributed by atoms with Crippen LogP contribution in [0.1, 0.15) is 16.8 Å². The van der Waals surface area contributed by atoms with E-state index in [1.807, 2.05) is 0 Å². The number of ketones is 1. The number of carbonyl (C=O) groups excluding carboxylic acids is 1. The Hall–Kier alpha value is -1.47. The highest BCUT2D eigenvalue weighted by atomic mass is 16.6. The fourth-order valence-electron chi connectivity index (χ4n) is 2.07. The first-order valence-corrected chi connectivity index (χ1v) is 5.97. The monoisotopic (exact) mass is 268 g/mol. The highest BCUT2D eigenvalue weighted by Crippen LogP contribution is 2.25. The number of phenolic OH excluding ortho intramolecular Hbond substituents is 1. The van der Waals surface area contributed by atoms with Crippen molar-refractivity contribution in [1.82, 2.24) is 0 Å². The molecule has 1 aliphatic heterocycles. The zero-order valence-corrected chi connectivity index (χ0v) is 10.1. The Morgan fingerprint density at radius 2 is 1.84 bits per heavy atom. The number of carbonyl (C=O) groups is 1. The maximum absolute atomic E-state index is 12.0. The van der Waals surface area contributed by atoms with Crippen molar-refractivity contribution in [2.45, 2.75) is 24.9 Å². The maximum Gasteiger partial charge on any atom is 0.163 e. The van der Waals surface area contributed by atoms with Crippen molar-refractivity contribution in [3.8, 4) is 5.75 Å². The molecule has 19 heavy (non-hydrogen) atoms. The van der Waals surface area contributed by atoms with Gasteiger partial charge in [0.25, 0.3) is 0 Å². The number of hydrogen-bond donors (Lipinski definition) is 4. The van der Waals surface area contributed by atoms with E-state index in [0.29, 0.717) is 5.56 Å². The maximum atomic E-state index is 12.0. The third-order valence-electron chi connectivity index (χ3n) is 3.25. The first-order valence-electron chi connectivity index (χ1n) is 5.97. The van der Waals surface area contributed by atoms with Gasteiger partial charge in [-0.2, -0.15) is 0 Å². The molecule has 0 saturated carbocycles. The van der Waals surface area contributed by atoms with Crippen LogP contribution >= 0.6 is 0 Å². The molecule has 1 fully saturated rings. The summed E-state index contributed by atoms with van der Waals surface area (Å²) in [5.41, 5.74) is 0.359. The van der Waals surface area contributed by atoms with Crippen molar-refractivity contribution in [2.24, 2.45) is 5.92 Å². The van der Waals surface area contributed by atoms with Gasteiger partial charge in [-0.25, -0.2) is 0 Å². The van der Waals surface area contributed by atoms with Gasteiger partial charge in [0.2, 0.25) is 0 Å². The van der Waals surface area contributed by atoms with Crippen LogP contribution in [0.5, 0.6) is 5.75 Å². The number of rotatable bonds is 3. The Labute approximate surface area is 109 Å². The first kappa shape index (κ1) is 14.0. The van der Waals surface area contributed by atoms with Gasteiger partial charge in [0.15, 0.2) is 12.1 Å². The van der Waals surface area contributed by atoms with Crippen LogP contribution < -0.4 is 0 Å². The molecule has 1 saturated heterocycles. The molecule has 1 unspecified atom stereocenters. The highest BCUT2D eigenvalue weighted by molar-refractivity contribution is 5.96. The van der Waals surface area contributed by atoms with Crippen molar-refractivity contribution >= 4 is 5.78 Å². The average Bonchev–Trinajstić information content (AvgIpc) is 2.40. The number of aromatic hydroxyl groups is 1. The summed E-state index contributed by atoms with van der Waals surface area (Å²) in [6.07, 6.45) is -3.74. The van der Waals surface area contributed by atoms with Crippen LogP contribution in [0.4, 0.5) is 0 Å². The van der Waals surface area contributed by atoms with Gasteiger partial charge in [0, 0.05) is 17.9 Å². The smallest absolute Gasteiger partial charge is 0.163 e. The molecule has 0 bridgehead atoms. The fourth-order valence-corrected chi connectivity index (χ4v) is 2.07. The first-order chi connectivity index (χ1) is 8.99. The minimum absolute atomic E-state index is 0.0491. The molecule has 0 spiro atoms. The van der Waals surface area contributed by atoms with Crippen molar-refractivity contribution in [3.05, 3.63) is 29.8 Å². The summed E-state index contributed by atoms with van der Waals surface area (Å²) in [5, 5.41) is 38.0. The summed E-state index contributed by atoms with van der Waals surface area (Å²) in [6, 6.07) is 5.67.